The van der Waals surface area contributed by atoms with Gasteiger partial charge in [0.05, 0.1) is 11.1 Å². The Bertz CT molecular complexity index is 642. The number of carbonyl (C=O) groups is 2. The molecule has 2 fully saturated rings. The minimum Gasteiger partial charge on any atom is -0.448 e. The molecular formula is C16H18BrNO3. The van der Waals surface area contributed by atoms with Crippen LogP contribution < -0.4 is 5.32 Å². The van der Waals surface area contributed by atoms with Crippen LogP contribution in [0.4, 0.5) is 5.69 Å². The van der Waals surface area contributed by atoms with E-state index in [9.17, 15) is 9.59 Å². The maximum Gasteiger partial charge on any atom is 0.313 e. The summed E-state index contributed by atoms with van der Waals surface area (Å²) in [5.74, 6) is -0.505. The molecule has 1 N–H and O–H groups in total. The first-order valence-electron chi connectivity index (χ1n) is 7.04. The number of anilines is 1. The van der Waals surface area contributed by atoms with Crippen LogP contribution in [0.15, 0.2) is 28.7 Å². The van der Waals surface area contributed by atoms with Gasteiger partial charge in [-0.2, -0.15) is 0 Å². The van der Waals surface area contributed by atoms with E-state index in [0.717, 1.165) is 4.47 Å². The number of rotatable bonds is 2. The van der Waals surface area contributed by atoms with Crippen LogP contribution >= 0.6 is 15.9 Å². The van der Waals surface area contributed by atoms with Gasteiger partial charge in [-0.1, -0.05) is 26.0 Å². The summed E-state index contributed by atoms with van der Waals surface area (Å²) in [5, 5.41) is 2.90. The summed E-state index contributed by atoms with van der Waals surface area (Å²) < 4.78 is 6.38. The molecule has 0 spiro atoms. The van der Waals surface area contributed by atoms with E-state index in [-0.39, 0.29) is 11.9 Å². The molecule has 2 bridgehead atoms. The second-order valence-electron chi connectivity index (χ2n) is 6.61. The molecule has 2 atom stereocenters. The average molecular weight is 352 g/mol. The largest absolute Gasteiger partial charge is 0.448 e. The number of benzene rings is 1. The monoisotopic (exact) mass is 351 g/mol. The van der Waals surface area contributed by atoms with E-state index >= 15 is 0 Å². The number of fused-ring (bicyclic) bond motifs is 2. The Kier molecular flexibility index (Phi) is 3.00. The fourth-order valence-electron chi connectivity index (χ4n) is 3.53. The topological polar surface area (TPSA) is 55.4 Å². The van der Waals surface area contributed by atoms with Crippen molar-refractivity contribution in [1.29, 1.82) is 0 Å². The molecule has 0 unspecified atom stereocenters. The quantitative estimate of drug-likeness (QED) is 0.829. The first kappa shape index (κ1) is 14.6. The minimum absolute atomic E-state index is 0.242. The molecule has 1 saturated carbocycles. The number of halogens is 1. The lowest BCUT2D eigenvalue weighted by molar-refractivity contribution is -0.165. The number of hydrogen-bond donors (Lipinski definition) is 1. The van der Waals surface area contributed by atoms with Gasteiger partial charge in [0, 0.05) is 9.89 Å². The van der Waals surface area contributed by atoms with Gasteiger partial charge in [0.2, 0.25) is 0 Å². The van der Waals surface area contributed by atoms with Crippen LogP contribution in [0.5, 0.6) is 0 Å². The number of carbonyl (C=O) groups excluding carboxylic acids is 2. The Morgan fingerprint density at radius 3 is 2.43 bits per heavy atom. The third-order valence-electron chi connectivity index (χ3n) is 5.57. The van der Waals surface area contributed by atoms with Gasteiger partial charge in [-0.25, -0.2) is 0 Å². The molecule has 1 aromatic carbocycles. The number of nitrogens with one attached hydrogen (secondary N) is 1. The van der Waals surface area contributed by atoms with E-state index in [1.165, 1.54) is 0 Å². The van der Waals surface area contributed by atoms with Gasteiger partial charge in [0.1, 0.15) is 0 Å². The number of esters is 1. The van der Waals surface area contributed by atoms with E-state index in [1.54, 1.807) is 0 Å². The molecule has 1 aliphatic heterocycles. The number of para-hydroxylation sites is 1. The van der Waals surface area contributed by atoms with Crippen LogP contribution in [0, 0.1) is 10.8 Å². The predicted molar refractivity (Wildman–Crippen MR) is 82.7 cm³/mol. The molecule has 1 heterocycles. The van der Waals surface area contributed by atoms with Crippen LogP contribution in [0.25, 0.3) is 0 Å². The van der Waals surface area contributed by atoms with E-state index < -0.39 is 16.4 Å². The lowest BCUT2D eigenvalue weighted by atomic mass is 9.66. The summed E-state index contributed by atoms with van der Waals surface area (Å²) in [6.45, 7) is 5.80. The third-order valence-corrected chi connectivity index (χ3v) is 6.26. The van der Waals surface area contributed by atoms with Crippen molar-refractivity contribution < 1.29 is 14.3 Å². The molecule has 1 aliphatic carbocycles. The molecule has 1 saturated heterocycles. The smallest absolute Gasteiger partial charge is 0.313 e. The number of amides is 1. The first-order valence-corrected chi connectivity index (χ1v) is 7.83. The summed E-state index contributed by atoms with van der Waals surface area (Å²) in [6.07, 6.45) is 1.25. The zero-order valence-corrected chi connectivity index (χ0v) is 13.9. The SMILES string of the molecule is CC1(C)[C@]2(C)CC[C@]1(C(=O)Nc1ccccc1Br)OC2=O. The second-order valence-corrected chi connectivity index (χ2v) is 7.46. The fraction of sp³-hybridized carbons (Fsp3) is 0.500. The molecule has 0 aromatic heterocycles. The van der Waals surface area contributed by atoms with Crippen molar-refractivity contribution in [3.8, 4) is 0 Å². The van der Waals surface area contributed by atoms with Crippen LogP contribution in [0.2, 0.25) is 0 Å². The summed E-state index contributed by atoms with van der Waals surface area (Å²) in [7, 11) is 0. The van der Waals surface area contributed by atoms with E-state index in [1.807, 2.05) is 45.0 Å². The maximum atomic E-state index is 12.8. The highest BCUT2D eigenvalue weighted by molar-refractivity contribution is 9.10. The second kappa shape index (κ2) is 4.32. The lowest BCUT2D eigenvalue weighted by Gasteiger charge is -2.35. The number of ether oxygens (including phenoxy) is 1. The highest BCUT2D eigenvalue weighted by Crippen LogP contribution is 2.65. The Morgan fingerprint density at radius 1 is 1.24 bits per heavy atom. The molecule has 1 amide bonds. The molecule has 112 valence electrons. The van der Waals surface area contributed by atoms with Crippen molar-refractivity contribution in [2.24, 2.45) is 10.8 Å². The van der Waals surface area contributed by atoms with Crippen LogP contribution in [0.3, 0.4) is 0 Å². The van der Waals surface area contributed by atoms with Crippen molar-refractivity contribution in [3.05, 3.63) is 28.7 Å². The van der Waals surface area contributed by atoms with Crippen molar-refractivity contribution in [3.63, 3.8) is 0 Å². The molecule has 2 aliphatic rings. The Morgan fingerprint density at radius 2 is 1.90 bits per heavy atom. The van der Waals surface area contributed by atoms with E-state index in [4.69, 9.17) is 4.74 Å². The van der Waals surface area contributed by atoms with Crippen molar-refractivity contribution >= 4 is 33.5 Å². The van der Waals surface area contributed by atoms with E-state index in [0.29, 0.717) is 18.5 Å². The van der Waals surface area contributed by atoms with Crippen molar-refractivity contribution in [2.75, 3.05) is 5.32 Å². The van der Waals surface area contributed by atoms with Crippen LogP contribution in [0.1, 0.15) is 33.6 Å². The van der Waals surface area contributed by atoms with E-state index in [2.05, 4.69) is 21.2 Å². The molecule has 3 rings (SSSR count). The molecule has 1 aromatic rings. The molecule has 4 nitrogen and oxygen atoms in total. The third kappa shape index (κ3) is 1.67. The highest BCUT2D eigenvalue weighted by atomic mass is 79.9. The maximum absolute atomic E-state index is 12.8. The molecular weight excluding hydrogens is 334 g/mol. The molecule has 0 radical (unpaired) electrons. The fourth-order valence-corrected chi connectivity index (χ4v) is 3.92. The van der Waals surface area contributed by atoms with Gasteiger partial charge in [0.15, 0.2) is 5.60 Å². The van der Waals surface area contributed by atoms with Gasteiger partial charge in [-0.15, -0.1) is 0 Å². The van der Waals surface area contributed by atoms with Crippen LogP contribution in [-0.2, 0) is 14.3 Å². The predicted octanol–water partition coefficient (Wildman–Crippen LogP) is 3.51. The average Bonchev–Trinajstić information content (AvgIpc) is 2.72. The van der Waals surface area contributed by atoms with Crippen molar-refractivity contribution in [2.45, 2.75) is 39.2 Å². The van der Waals surface area contributed by atoms with Gasteiger partial charge in [-0.05, 0) is 47.8 Å². The Hall–Kier alpha value is -1.36. The summed E-state index contributed by atoms with van der Waals surface area (Å²) in [4.78, 5) is 25.0. The van der Waals surface area contributed by atoms with Gasteiger partial charge in [-0.3, -0.25) is 9.59 Å². The summed E-state index contributed by atoms with van der Waals surface area (Å²) in [5.41, 5.74) is -1.50. The Labute approximate surface area is 132 Å². The van der Waals surface area contributed by atoms with Gasteiger partial charge >= 0.3 is 5.97 Å². The minimum atomic E-state index is -1.08. The zero-order chi connectivity index (χ0) is 15.5. The standard InChI is InChI=1S/C16H18BrNO3/c1-14(2)15(3)8-9-16(14,21-13(15)20)12(19)18-11-7-5-4-6-10(11)17/h4-7H,8-9H2,1-3H3,(H,18,19)/t15-,16-/m1/s1. The summed E-state index contributed by atoms with van der Waals surface area (Å²) >= 11 is 3.41. The van der Waals surface area contributed by atoms with Crippen molar-refractivity contribution in [1.82, 2.24) is 0 Å². The van der Waals surface area contributed by atoms with Gasteiger partial charge in [0.25, 0.3) is 5.91 Å². The van der Waals surface area contributed by atoms with Crippen LogP contribution in [-0.4, -0.2) is 17.5 Å². The Balaban J connectivity index is 1.96. The number of hydrogen-bond acceptors (Lipinski definition) is 3. The van der Waals surface area contributed by atoms with Gasteiger partial charge < -0.3 is 10.1 Å². The lowest BCUT2D eigenvalue weighted by Crippen LogP contribution is -2.50. The first-order chi connectivity index (χ1) is 9.74. The zero-order valence-electron chi connectivity index (χ0n) is 12.3. The normalized spacial score (nSPS) is 32.9. The summed E-state index contributed by atoms with van der Waals surface area (Å²) in [6, 6.07) is 7.40. The highest BCUT2D eigenvalue weighted by Gasteiger charge is 2.75. The molecule has 21 heavy (non-hydrogen) atoms. The molecule has 5 heteroatoms.